The van der Waals surface area contributed by atoms with E-state index in [4.69, 9.17) is 14.2 Å². The van der Waals surface area contributed by atoms with Gasteiger partial charge in [-0.1, -0.05) is 12.1 Å². The lowest BCUT2D eigenvalue weighted by Gasteiger charge is -2.20. The first kappa shape index (κ1) is 18.0. The lowest BCUT2D eigenvalue weighted by Crippen LogP contribution is -2.35. The fourth-order valence-corrected chi connectivity index (χ4v) is 1.80. The number of benzene rings is 1. The zero-order chi connectivity index (χ0) is 15.7. The number of ether oxygens (including phenoxy) is 3. The standard InChI is InChI=1S/C17H29NO3/c1-14(13-19-5)20-9-10-21-16-8-6-7-15(11-16)12-18-17(2,3)4/h6-8,11,14,18H,9-10,12-13H2,1-5H3. The molecule has 1 aromatic carbocycles. The van der Waals surface area contributed by atoms with E-state index in [2.05, 4.69) is 38.2 Å². The highest BCUT2D eigenvalue weighted by Gasteiger charge is 2.08. The summed E-state index contributed by atoms with van der Waals surface area (Å²) in [6, 6.07) is 8.16. The topological polar surface area (TPSA) is 39.7 Å². The van der Waals surface area contributed by atoms with Gasteiger partial charge in [0.05, 0.1) is 19.3 Å². The molecule has 4 heteroatoms. The maximum atomic E-state index is 5.71. The van der Waals surface area contributed by atoms with E-state index in [1.807, 2.05) is 19.1 Å². The van der Waals surface area contributed by atoms with Crippen molar-refractivity contribution in [2.45, 2.75) is 45.9 Å². The van der Waals surface area contributed by atoms with Crippen LogP contribution in [0.2, 0.25) is 0 Å². The van der Waals surface area contributed by atoms with Gasteiger partial charge in [-0.15, -0.1) is 0 Å². The van der Waals surface area contributed by atoms with E-state index in [0.29, 0.717) is 19.8 Å². The van der Waals surface area contributed by atoms with Gasteiger partial charge >= 0.3 is 0 Å². The Kier molecular flexibility index (Phi) is 7.72. The zero-order valence-corrected chi connectivity index (χ0v) is 13.9. The molecule has 1 unspecified atom stereocenters. The summed E-state index contributed by atoms with van der Waals surface area (Å²) < 4.78 is 16.3. The number of methoxy groups -OCH3 is 1. The normalized spacial score (nSPS) is 13.2. The molecule has 0 fully saturated rings. The molecule has 0 aromatic heterocycles. The summed E-state index contributed by atoms with van der Waals surface area (Å²) >= 11 is 0. The molecular formula is C17H29NO3. The highest BCUT2D eigenvalue weighted by atomic mass is 16.5. The summed E-state index contributed by atoms with van der Waals surface area (Å²) in [4.78, 5) is 0. The minimum absolute atomic E-state index is 0.0981. The highest BCUT2D eigenvalue weighted by molar-refractivity contribution is 5.28. The summed E-state index contributed by atoms with van der Waals surface area (Å²) in [7, 11) is 1.67. The van der Waals surface area contributed by atoms with E-state index >= 15 is 0 Å². The van der Waals surface area contributed by atoms with E-state index < -0.39 is 0 Å². The molecule has 0 radical (unpaired) electrons. The number of nitrogens with one attached hydrogen (secondary N) is 1. The molecule has 21 heavy (non-hydrogen) atoms. The zero-order valence-electron chi connectivity index (χ0n) is 13.9. The van der Waals surface area contributed by atoms with Crippen molar-refractivity contribution >= 4 is 0 Å². The first-order valence-electron chi connectivity index (χ1n) is 7.48. The van der Waals surface area contributed by atoms with Crippen molar-refractivity contribution in [2.75, 3.05) is 26.9 Å². The predicted octanol–water partition coefficient (Wildman–Crippen LogP) is 3.01. The molecule has 0 amide bonds. The van der Waals surface area contributed by atoms with E-state index in [9.17, 15) is 0 Å². The lowest BCUT2D eigenvalue weighted by atomic mass is 10.1. The molecule has 1 atom stereocenters. The molecule has 0 aliphatic heterocycles. The van der Waals surface area contributed by atoms with Gasteiger partial charge in [0.25, 0.3) is 0 Å². The summed E-state index contributed by atoms with van der Waals surface area (Å²) in [5, 5.41) is 3.47. The second-order valence-corrected chi connectivity index (χ2v) is 6.24. The van der Waals surface area contributed by atoms with Crippen LogP contribution < -0.4 is 10.1 Å². The average Bonchev–Trinajstić information content (AvgIpc) is 2.41. The maximum Gasteiger partial charge on any atom is 0.119 e. The van der Waals surface area contributed by atoms with Crippen LogP contribution in [-0.4, -0.2) is 38.6 Å². The van der Waals surface area contributed by atoms with Crippen molar-refractivity contribution in [1.82, 2.24) is 5.32 Å². The third-order valence-corrected chi connectivity index (χ3v) is 2.88. The lowest BCUT2D eigenvalue weighted by molar-refractivity contribution is -0.00215. The Labute approximate surface area is 128 Å². The Balaban J connectivity index is 2.32. The van der Waals surface area contributed by atoms with Crippen molar-refractivity contribution in [1.29, 1.82) is 0 Å². The molecule has 0 heterocycles. The van der Waals surface area contributed by atoms with Gasteiger partial charge in [-0.2, -0.15) is 0 Å². The van der Waals surface area contributed by atoms with Crippen molar-refractivity contribution in [3.8, 4) is 5.75 Å². The second-order valence-electron chi connectivity index (χ2n) is 6.24. The molecule has 1 N–H and O–H groups in total. The molecule has 1 rings (SSSR count). The Morgan fingerprint density at radius 1 is 1.19 bits per heavy atom. The van der Waals surface area contributed by atoms with Crippen LogP contribution in [0.1, 0.15) is 33.3 Å². The van der Waals surface area contributed by atoms with Crippen LogP contribution >= 0.6 is 0 Å². The highest BCUT2D eigenvalue weighted by Crippen LogP contribution is 2.14. The summed E-state index contributed by atoms with van der Waals surface area (Å²) in [6.45, 7) is 11.0. The Morgan fingerprint density at radius 3 is 2.62 bits per heavy atom. The van der Waals surface area contributed by atoms with Crippen LogP contribution in [0.25, 0.3) is 0 Å². The van der Waals surface area contributed by atoms with Crippen LogP contribution in [-0.2, 0) is 16.0 Å². The Hall–Kier alpha value is -1.10. The molecule has 0 aliphatic rings. The SMILES string of the molecule is COCC(C)OCCOc1cccc(CNC(C)(C)C)c1. The van der Waals surface area contributed by atoms with Crippen molar-refractivity contribution in [3.63, 3.8) is 0 Å². The van der Waals surface area contributed by atoms with E-state index in [1.165, 1.54) is 5.56 Å². The summed E-state index contributed by atoms with van der Waals surface area (Å²) in [5.41, 5.74) is 1.33. The minimum Gasteiger partial charge on any atom is -0.491 e. The van der Waals surface area contributed by atoms with Crippen molar-refractivity contribution < 1.29 is 14.2 Å². The van der Waals surface area contributed by atoms with Crippen LogP contribution in [0.3, 0.4) is 0 Å². The third kappa shape index (κ3) is 8.71. The molecule has 0 saturated carbocycles. The molecular weight excluding hydrogens is 266 g/mol. The number of hydrogen-bond acceptors (Lipinski definition) is 4. The fraction of sp³-hybridized carbons (Fsp3) is 0.647. The van der Waals surface area contributed by atoms with Gasteiger partial charge in [0.15, 0.2) is 0 Å². The third-order valence-electron chi connectivity index (χ3n) is 2.88. The van der Waals surface area contributed by atoms with Gasteiger partial charge in [-0.25, -0.2) is 0 Å². The number of rotatable bonds is 9. The molecule has 4 nitrogen and oxygen atoms in total. The molecule has 0 spiro atoms. The molecule has 120 valence electrons. The Bertz CT molecular complexity index is 401. The monoisotopic (exact) mass is 295 g/mol. The smallest absolute Gasteiger partial charge is 0.119 e. The average molecular weight is 295 g/mol. The van der Waals surface area contributed by atoms with Gasteiger partial charge in [0.1, 0.15) is 12.4 Å². The first-order chi connectivity index (χ1) is 9.90. The number of hydrogen-bond donors (Lipinski definition) is 1. The summed E-state index contributed by atoms with van der Waals surface area (Å²) in [5.74, 6) is 0.881. The van der Waals surface area contributed by atoms with E-state index in [1.54, 1.807) is 7.11 Å². The quantitative estimate of drug-likeness (QED) is 0.711. The molecule has 0 saturated heterocycles. The second kappa shape index (κ2) is 9.03. The van der Waals surface area contributed by atoms with Gasteiger partial charge in [-0.3, -0.25) is 0 Å². The first-order valence-corrected chi connectivity index (χ1v) is 7.48. The van der Waals surface area contributed by atoms with Crippen LogP contribution in [0.4, 0.5) is 0 Å². The van der Waals surface area contributed by atoms with Crippen molar-refractivity contribution in [3.05, 3.63) is 29.8 Å². The van der Waals surface area contributed by atoms with Gasteiger partial charge in [0.2, 0.25) is 0 Å². The Morgan fingerprint density at radius 2 is 1.95 bits per heavy atom. The van der Waals surface area contributed by atoms with Gasteiger partial charge < -0.3 is 19.5 Å². The van der Waals surface area contributed by atoms with Crippen LogP contribution in [0.15, 0.2) is 24.3 Å². The fourth-order valence-electron chi connectivity index (χ4n) is 1.80. The maximum absolute atomic E-state index is 5.71. The van der Waals surface area contributed by atoms with Gasteiger partial charge in [0, 0.05) is 19.2 Å². The van der Waals surface area contributed by atoms with Crippen molar-refractivity contribution in [2.24, 2.45) is 0 Å². The van der Waals surface area contributed by atoms with Crippen LogP contribution in [0, 0.1) is 0 Å². The largest absolute Gasteiger partial charge is 0.491 e. The van der Waals surface area contributed by atoms with Gasteiger partial charge in [-0.05, 0) is 45.4 Å². The van der Waals surface area contributed by atoms with E-state index in [0.717, 1.165) is 12.3 Å². The summed E-state index contributed by atoms with van der Waals surface area (Å²) in [6.07, 6.45) is 0.0981. The van der Waals surface area contributed by atoms with Crippen LogP contribution in [0.5, 0.6) is 5.75 Å². The van der Waals surface area contributed by atoms with E-state index in [-0.39, 0.29) is 11.6 Å². The predicted molar refractivity (Wildman–Crippen MR) is 85.8 cm³/mol. The minimum atomic E-state index is 0.0981. The molecule has 1 aromatic rings. The molecule has 0 aliphatic carbocycles. The molecule has 0 bridgehead atoms.